The lowest BCUT2D eigenvalue weighted by Crippen LogP contribution is -2.98. The van der Waals surface area contributed by atoms with Gasteiger partial charge >= 0.3 is 0 Å². The minimum Gasteiger partial charge on any atom is -0.330 e. The van der Waals surface area contributed by atoms with Gasteiger partial charge in [-0.3, -0.25) is 14.5 Å². The number of hydrogen-bond donors (Lipinski definition) is 1. The van der Waals surface area contributed by atoms with E-state index in [1.807, 2.05) is 48.5 Å². The Hall–Kier alpha value is -5.93. The Bertz CT molecular complexity index is 1990. The Morgan fingerprint density at radius 1 is 0.377 bits per heavy atom. The van der Waals surface area contributed by atoms with Crippen molar-refractivity contribution in [2.45, 2.75) is 11.2 Å². The van der Waals surface area contributed by atoms with Gasteiger partial charge in [-0.25, -0.2) is 0 Å². The first-order valence-corrected chi connectivity index (χ1v) is 22.1. The first-order chi connectivity index (χ1) is 26.1. The highest BCUT2D eigenvalue weighted by atomic mass is 28.4. The average molecular weight is 721 g/mol. The predicted octanol–water partition coefficient (Wildman–Crippen LogP) is 4.79. The molecule has 53 heavy (non-hydrogen) atoms. The van der Waals surface area contributed by atoms with Gasteiger partial charge in [0.25, 0.3) is 11.8 Å². The molecule has 8 rings (SSSR count). The van der Waals surface area contributed by atoms with E-state index in [1.165, 1.54) is 0 Å². The van der Waals surface area contributed by atoms with Crippen LogP contribution in [0, 0.1) is 0 Å². The summed E-state index contributed by atoms with van der Waals surface area (Å²) in [4.78, 5) is 32.0. The lowest BCUT2D eigenvalue weighted by molar-refractivity contribution is 0.0590. The summed E-state index contributed by atoms with van der Waals surface area (Å²) in [5.41, 5.74) is 7.88. The van der Waals surface area contributed by atoms with Crippen LogP contribution in [0.1, 0.15) is 27.1 Å². The molecule has 7 aromatic rings. The molecule has 2 amide bonds. The summed E-state index contributed by atoms with van der Waals surface area (Å²) in [6.45, 7) is 0.232. The van der Waals surface area contributed by atoms with Gasteiger partial charge in [-0.15, -0.1) is 0 Å². The molecule has 1 aliphatic rings. The third-order valence-corrected chi connectivity index (χ3v) is 24.0. The van der Waals surface area contributed by atoms with Gasteiger partial charge in [-0.1, -0.05) is 194 Å². The van der Waals surface area contributed by atoms with Gasteiger partial charge in [0.1, 0.15) is 0 Å². The Morgan fingerprint density at radius 3 is 0.830 bits per heavy atom. The Kier molecular flexibility index (Phi) is 9.18. The summed E-state index contributed by atoms with van der Waals surface area (Å²) in [6, 6.07) is 71.3. The summed E-state index contributed by atoms with van der Waals surface area (Å²) in [6.07, 6.45) is 0.355. The number of carbonyl (C=O) groups is 2. The van der Waals surface area contributed by atoms with E-state index in [9.17, 15) is 0 Å². The number of fused-ring (bicyclic) bond motifs is 1. The molecule has 7 aromatic carbocycles. The number of nitrogens with zero attached hydrogens (tertiary/aromatic N) is 1. The largest absolute Gasteiger partial charge is 0.330 e. The van der Waals surface area contributed by atoms with Crippen molar-refractivity contribution in [2.24, 2.45) is 5.73 Å². The maximum atomic E-state index is 15.7. The molecule has 258 valence electrons. The third-order valence-electron chi connectivity index (χ3n) is 11.2. The van der Waals surface area contributed by atoms with Gasteiger partial charge in [0.2, 0.25) is 0 Å². The molecular formula is C47H40N2O2Si2. The molecule has 0 atom stereocenters. The lowest BCUT2D eigenvalue weighted by Gasteiger charge is -2.62. The second kappa shape index (κ2) is 14.2. The van der Waals surface area contributed by atoms with E-state index < -0.39 is 20.9 Å². The molecule has 1 heterocycles. The van der Waals surface area contributed by atoms with Crippen molar-refractivity contribution in [2.75, 3.05) is 6.54 Å². The molecule has 0 aliphatic carbocycles. The molecule has 1 aliphatic heterocycles. The van der Waals surface area contributed by atoms with Gasteiger partial charge < -0.3 is 5.73 Å². The monoisotopic (exact) mass is 720 g/mol. The summed E-state index contributed by atoms with van der Waals surface area (Å²) < 4.78 is 0. The van der Waals surface area contributed by atoms with Crippen molar-refractivity contribution in [3.05, 3.63) is 217 Å². The molecule has 0 radical (unpaired) electrons. The molecule has 0 bridgehead atoms. The van der Waals surface area contributed by atoms with Crippen molar-refractivity contribution in [3.63, 3.8) is 0 Å². The van der Waals surface area contributed by atoms with Crippen LogP contribution in [0.25, 0.3) is 0 Å². The first-order valence-electron chi connectivity index (χ1n) is 18.1. The molecule has 0 spiro atoms. The second-order valence-corrected chi connectivity index (χ2v) is 22.2. The van der Waals surface area contributed by atoms with Crippen LogP contribution in [0.15, 0.2) is 206 Å². The first kappa shape index (κ1) is 34.2. The van der Waals surface area contributed by atoms with Gasteiger partial charge in [-0.05, 0) is 56.2 Å². The third kappa shape index (κ3) is 5.05. The van der Waals surface area contributed by atoms with Crippen molar-refractivity contribution in [3.8, 4) is 0 Å². The van der Waals surface area contributed by atoms with Crippen LogP contribution in [0.5, 0.6) is 0 Å². The van der Waals surface area contributed by atoms with Gasteiger partial charge in [0, 0.05) is 0 Å². The Morgan fingerprint density at radius 2 is 0.604 bits per heavy atom. The van der Waals surface area contributed by atoms with Crippen molar-refractivity contribution in [1.29, 1.82) is 0 Å². The molecule has 0 saturated heterocycles. The standard InChI is InChI=1S/C47H40N2O2Si2/c48-36-35-47(49-45(50)43-33-19-20-34-44(43)46(49)51,52(37-21-7-1-8-22-37,38-23-9-2-10-24-38)39-25-11-3-12-26-39)53(40-27-13-4-14-28-40,41-29-15-5-16-30-41)42-31-17-6-18-32-42/h1-34H,35-36,48H2. The summed E-state index contributed by atoms with van der Waals surface area (Å²) in [7, 11) is -7.46. The quantitative estimate of drug-likeness (QED) is 0.119. The number of benzene rings is 7. The number of rotatable bonds is 11. The number of carbonyl (C=O) groups excluding carboxylic acids is 2. The van der Waals surface area contributed by atoms with Crippen LogP contribution in [0.2, 0.25) is 0 Å². The average Bonchev–Trinajstić information content (AvgIpc) is 3.49. The summed E-state index contributed by atoms with van der Waals surface area (Å²) in [5.74, 6) is -0.559. The molecule has 6 heteroatoms. The van der Waals surface area contributed by atoms with Crippen LogP contribution < -0.4 is 36.9 Å². The van der Waals surface area contributed by atoms with Crippen molar-refractivity contribution >= 4 is 59.1 Å². The topological polar surface area (TPSA) is 63.4 Å². The van der Waals surface area contributed by atoms with Crippen LogP contribution in [0.4, 0.5) is 0 Å². The molecule has 4 nitrogen and oxygen atoms in total. The highest BCUT2D eigenvalue weighted by Crippen LogP contribution is 2.44. The molecule has 0 unspecified atom stereocenters. The van der Waals surface area contributed by atoms with Crippen LogP contribution >= 0.6 is 0 Å². The van der Waals surface area contributed by atoms with Crippen LogP contribution in [-0.2, 0) is 0 Å². The summed E-state index contributed by atoms with van der Waals surface area (Å²) >= 11 is 0. The zero-order chi connectivity index (χ0) is 36.3. The van der Waals surface area contributed by atoms with E-state index in [4.69, 9.17) is 5.73 Å². The normalized spacial score (nSPS) is 13.2. The smallest absolute Gasteiger partial charge is 0.261 e. The Labute approximate surface area is 313 Å². The van der Waals surface area contributed by atoms with E-state index >= 15 is 9.59 Å². The van der Waals surface area contributed by atoms with E-state index in [0.717, 1.165) is 31.1 Å². The maximum absolute atomic E-state index is 15.7. The van der Waals surface area contributed by atoms with Crippen molar-refractivity contribution in [1.82, 2.24) is 4.90 Å². The second-order valence-electron chi connectivity index (χ2n) is 13.6. The maximum Gasteiger partial charge on any atom is 0.261 e. The SMILES string of the molecule is NCCC(N1C(=O)c2ccccc2C1=O)([Si](c1ccccc1)(c1ccccc1)c1ccccc1)[Si](c1ccccc1)(c1ccccc1)c1ccccc1. The number of hydrogen-bond acceptors (Lipinski definition) is 3. The van der Waals surface area contributed by atoms with E-state index in [-0.39, 0.29) is 18.4 Å². The lowest BCUT2D eigenvalue weighted by atomic mass is 10.1. The zero-order valence-corrected chi connectivity index (χ0v) is 31.4. The fraction of sp³-hybridized carbons (Fsp3) is 0.0638. The zero-order valence-electron chi connectivity index (χ0n) is 29.4. The minimum absolute atomic E-state index is 0.232. The summed E-state index contributed by atoms with van der Waals surface area (Å²) in [5, 5.41) is 6.59. The van der Waals surface area contributed by atoms with E-state index in [2.05, 4.69) is 146 Å². The molecule has 0 saturated carbocycles. The van der Waals surface area contributed by atoms with E-state index in [1.54, 1.807) is 17.0 Å². The van der Waals surface area contributed by atoms with Gasteiger partial charge in [-0.2, -0.15) is 0 Å². The predicted molar refractivity (Wildman–Crippen MR) is 221 cm³/mol. The molecular weight excluding hydrogens is 681 g/mol. The van der Waals surface area contributed by atoms with Crippen molar-refractivity contribution < 1.29 is 9.59 Å². The molecule has 0 fully saturated rings. The minimum atomic E-state index is -3.73. The number of nitrogens with two attached hydrogens (primary N) is 1. The fourth-order valence-corrected chi connectivity index (χ4v) is 25.4. The fourth-order valence-electron chi connectivity index (χ4n) is 9.41. The van der Waals surface area contributed by atoms with E-state index in [0.29, 0.717) is 17.5 Å². The number of amides is 2. The van der Waals surface area contributed by atoms with Crippen LogP contribution in [0.3, 0.4) is 0 Å². The van der Waals surface area contributed by atoms with Gasteiger partial charge in [0.05, 0.1) is 15.9 Å². The number of imide groups is 1. The highest BCUT2D eigenvalue weighted by Gasteiger charge is 2.74. The molecule has 0 aromatic heterocycles. The highest BCUT2D eigenvalue weighted by molar-refractivity contribution is 7.29. The Balaban J connectivity index is 1.73. The van der Waals surface area contributed by atoms with Gasteiger partial charge in [0.15, 0.2) is 16.1 Å². The molecule has 2 N–H and O–H groups in total. The van der Waals surface area contributed by atoms with Crippen LogP contribution in [-0.4, -0.2) is 44.2 Å².